The second kappa shape index (κ2) is 6.95. The van der Waals surface area contributed by atoms with Gasteiger partial charge in [0.2, 0.25) is 0 Å². The molecule has 1 unspecified atom stereocenters. The molecule has 0 aliphatic carbocycles. The Hall–Kier alpha value is -0.540. The molecule has 0 aromatic rings. The van der Waals surface area contributed by atoms with Gasteiger partial charge in [-0.3, -0.25) is 4.79 Å². The molecule has 0 aromatic carbocycles. The molecule has 0 aromatic heterocycles. The lowest BCUT2D eigenvalue weighted by molar-refractivity contribution is -0.325. The molecule has 1 atom stereocenters. The van der Waals surface area contributed by atoms with E-state index < -0.39 is 47.9 Å². The smallest absolute Gasteiger partial charge is 0.287 e. The molecular formula is C10H12F8OS. The maximum atomic E-state index is 13.1. The maximum absolute atomic E-state index is 13.1. The van der Waals surface area contributed by atoms with Crippen molar-refractivity contribution in [2.24, 2.45) is 0 Å². The van der Waals surface area contributed by atoms with Crippen molar-refractivity contribution < 1.29 is 39.9 Å². The molecule has 0 saturated carbocycles. The molecule has 0 aliphatic heterocycles. The molecule has 0 spiro atoms. The summed E-state index contributed by atoms with van der Waals surface area (Å²) in [6.07, 6.45) is -5.84. The summed E-state index contributed by atoms with van der Waals surface area (Å²) in [5.41, 5.74) is 0. The molecule has 0 radical (unpaired) electrons. The highest BCUT2D eigenvalue weighted by atomic mass is 32.2. The summed E-state index contributed by atoms with van der Waals surface area (Å²) in [4.78, 5) is 10.8. The number of thioether (sulfide) groups is 1. The predicted molar refractivity (Wildman–Crippen MR) is 58.1 cm³/mol. The van der Waals surface area contributed by atoms with E-state index >= 15 is 0 Å². The van der Waals surface area contributed by atoms with Gasteiger partial charge in [0.05, 0.1) is 0 Å². The van der Waals surface area contributed by atoms with Crippen LogP contribution in [-0.4, -0.2) is 41.5 Å². The fraction of sp³-hybridized carbons (Fsp3) is 0.900. The summed E-state index contributed by atoms with van der Waals surface area (Å²) >= 11 is 0.279. The number of rotatable bonds is 8. The van der Waals surface area contributed by atoms with Crippen molar-refractivity contribution in [3.05, 3.63) is 0 Å². The average Bonchev–Trinajstić information content (AvgIpc) is 2.36. The van der Waals surface area contributed by atoms with E-state index in [9.17, 15) is 39.9 Å². The SMILES string of the molecule is CCC(=O)SCCC(F)(F)C(F)(F)C(F)(F)C(F)CF. The summed E-state index contributed by atoms with van der Waals surface area (Å²) in [5.74, 6) is -18.0. The highest BCUT2D eigenvalue weighted by Crippen LogP contribution is 2.49. The lowest BCUT2D eigenvalue weighted by atomic mass is 9.99. The van der Waals surface area contributed by atoms with Gasteiger partial charge in [-0.25, -0.2) is 8.78 Å². The average molecular weight is 332 g/mol. The van der Waals surface area contributed by atoms with E-state index in [-0.39, 0.29) is 18.2 Å². The second-order valence-corrected chi connectivity index (χ2v) is 5.00. The molecule has 0 fully saturated rings. The molecule has 20 heavy (non-hydrogen) atoms. The van der Waals surface area contributed by atoms with Gasteiger partial charge in [0, 0.05) is 18.6 Å². The first-order valence-electron chi connectivity index (χ1n) is 5.43. The number of carbonyl (C=O) groups excluding carboxylic acids is 1. The molecule has 0 amide bonds. The van der Waals surface area contributed by atoms with Gasteiger partial charge >= 0.3 is 17.8 Å². The summed E-state index contributed by atoms with van der Waals surface area (Å²) in [6.45, 7) is -1.12. The molecule has 0 rings (SSSR count). The Morgan fingerprint density at radius 1 is 1.15 bits per heavy atom. The van der Waals surface area contributed by atoms with Gasteiger partial charge in [-0.05, 0) is 0 Å². The minimum atomic E-state index is -6.05. The highest BCUT2D eigenvalue weighted by Gasteiger charge is 2.73. The van der Waals surface area contributed by atoms with Gasteiger partial charge in [-0.1, -0.05) is 18.7 Å². The Kier molecular flexibility index (Phi) is 6.76. The number of alkyl halides is 8. The van der Waals surface area contributed by atoms with E-state index in [4.69, 9.17) is 0 Å². The fourth-order valence-corrected chi connectivity index (χ4v) is 1.88. The van der Waals surface area contributed by atoms with Crippen LogP contribution in [0.2, 0.25) is 0 Å². The standard InChI is InChI=1S/C10H12F8OS/c1-2-7(19)20-4-3-8(13,14)10(17,18)9(15,16)6(12)5-11/h6H,2-5H2,1H3. The summed E-state index contributed by atoms with van der Waals surface area (Å²) < 4.78 is 102. The molecular weight excluding hydrogens is 320 g/mol. The molecule has 120 valence electrons. The Balaban J connectivity index is 4.92. The van der Waals surface area contributed by atoms with E-state index in [1.165, 1.54) is 6.92 Å². The Labute approximate surface area is 114 Å². The van der Waals surface area contributed by atoms with Crippen LogP contribution in [0.3, 0.4) is 0 Å². The zero-order valence-electron chi connectivity index (χ0n) is 10.2. The number of hydrogen-bond donors (Lipinski definition) is 0. The zero-order valence-corrected chi connectivity index (χ0v) is 11.1. The van der Waals surface area contributed by atoms with Crippen molar-refractivity contribution in [1.29, 1.82) is 0 Å². The molecule has 1 nitrogen and oxygen atoms in total. The predicted octanol–water partition coefficient (Wildman–Crippen LogP) is 4.26. The summed E-state index contributed by atoms with van der Waals surface area (Å²) in [7, 11) is 0. The first-order valence-corrected chi connectivity index (χ1v) is 6.41. The number of hydrogen-bond acceptors (Lipinski definition) is 2. The van der Waals surface area contributed by atoms with E-state index in [2.05, 4.69) is 0 Å². The van der Waals surface area contributed by atoms with Gasteiger partial charge in [-0.2, -0.15) is 26.3 Å². The molecule has 0 heterocycles. The van der Waals surface area contributed by atoms with Crippen molar-refractivity contribution in [3.8, 4) is 0 Å². The quantitative estimate of drug-likeness (QED) is 0.618. The van der Waals surface area contributed by atoms with Crippen LogP contribution in [0.1, 0.15) is 19.8 Å². The normalized spacial score (nSPS) is 15.2. The van der Waals surface area contributed by atoms with Crippen molar-refractivity contribution in [2.75, 3.05) is 12.4 Å². The topological polar surface area (TPSA) is 17.1 Å². The molecule has 0 aliphatic rings. The lowest BCUT2D eigenvalue weighted by Crippen LogP contribution is -2.59. The number of carbonyl (C=O) groups is 1. The van der Waals surface area contributed by atoms with Crippen molar-refractivity contribution in [3.63, 3.8) is 0 Å². The van der Waals surface area contributed by atoms with Gasteiger partial charge in [0.15, 0.2) is 11.3 Å². The third kappa shape index (κ3) is 3.98. The monoisotopic (exact) mass is 332 g/mol. The third-order valence-corrected chi connectivity index (χ3v) is 3.39. The first kappa shape index (κ1) is 19.5. The highest BCUT2D eigenvalue weighted by molar-refractivity contribution is 8.13. The Bertz CT molecular complexity index is 333. The van der Waals surface area contributed by atoms with Gasteiger partial charge in [-0.15, -0.1) is 0 Å². The van der Waals surface area contributed by atoms with E-state index in [1.807, 2.05) is 0 Å². The van der Waals surface area contributed by atoms with Crippen LogP contribution in [0.15, 0.2) is 0 Å². The molecule has 0 bridgehead atoms. The zero-order chi connectivity index (χ0) is 16.2. The molecule has 0 N–H and O–H groups in total. The minimum absolute atomic E-state index is 0.0444. The third-order valence-electron chi connectivity index (χ3n) is 2.37. The van der Waals surface area contributed by atoms with Gasteiger partial charge in [0.1, 0.15) is 6.67 Å². The lowest BCUT2D eigenvalue weighted by Gasteiger charge is -2.33. The maximum Gasteiger partial charge on any atom is 0.375 e. The molecule has 10 heteroatoms. The summed E-state index contributed by atoms with van der Waals surface area (Å²) in [5, 5.41) is -0.581. The van der Waals surface area contributed by atoms with Crippen LogP contribution >= 0.6 is 11.8 Å². The molecule has 0 saturated heterocycles. The van der Waals surface area contributed by atoms with Crippen molar-refractivity contribution in [1.82, 2.24) is 0 Å². The van der Waals surface area contributed by atoms with Crippen molar-refractivity contribution in [2.45, 2.75) is 43.7 Å². The minimum Gasteiger partial charge on any atom is -0.287 e. The van der Waals surface area contributed by atoms with E-state index in [0.29, 0.717) is 0 Å². The van der Waals surface area contributed by atoms with Gasteiger partial charge < -0.3 is 0 Å². The number of halogens is 8. The van der Waals surface area contributed by atoms with Crippen LogP contribution in [0.25, 0.3) is 0 Å². The second-order valence-electron chi connectivity index (χ2n) is 3.85. The largest absolute Gasteiger partial charge is 0.375 e. The van der Waals surface area contributed by atoms with Crippen LogP contribution < -0.4 is 0 Å². The first-order chi connectivity index (χ1) is 8.94. The fourth-order valence-electron chi connectivity index (χ4n) is 1.09. The summed E-state index contributed by atoms with van der Waals surface area (Å²) in [6, 6.07) is 0. The van der Waals surface area contributed by atoms with Gasteiger partial charge in [0.25, 0.3) is 0 Å². The van der Waals surface area contributed by atoms with Crippen LogP contribution in [0, 0.1) is 0 Å². The Morgan fingerprint density at radius 3 is 2.05 bits per heavy atom. The Morgan fingerprint density at radius 2 is 1.65 bits per heavy atom. The van der Waals surface area contributed by atoms with E-state index in [0.717, 1.165) is 0 Å². The van der Waals surface area contributed by atoms with E-state index in [1.54, 1.807) is 0 Å². The van der Waals surface area contributed by atoms with Crippen LogP contribution in [0.5, 0.6) is 0 Å². The van der Waals surface area contributed by atoms with Crippen LogP contribution in [-0.2, 0) is 4.79 Å². The van der Waals surface area contributed by atoms with Crippen LogP contribution in [0.4, 0.5) is 35.1 Å². The van der Waals surface area contributed by atoms with Crippen molar-refractivity contribution >= 4 is 16.9 Å².